The number of carbonyl (C=O) groups is 1. The normalized spacial score (nSPS) is 11.1. The van der Waals surface area contributed by atoms with Gasteiger partial charge in [-0.05, 0) is 38.2 Å². The summed E-state index contributed by atoms with van der Waals surface area (Å²) in [5.41, 5.74) is 5.00. The predicted octanol–water partition coefficient (Wildman–Crippen LogP) is 3.09. The number of aromatic nitrogens is 1. The van der Waals surface area contributed by atoms with Gasteiger partial charge in [0.15, 0.2) is 0 Å². The van der Waals surface area contributed by atoms with Crippen LogP contribution in [0.25, 0.3) is 0 Å². The molecule has 26 heavy (non-hydrogen) atoms. The number of hydrogen-bond donors (Lipinski definition) is 1. The quantitative estimate of drug-likeness (QED) is 0.555. The van der Waals surface area contributed by atoms with Crippen LogP contribution in [0.5, 0.6) is 5.75 Å². The van der Waals surface area contributed by atoms with E-state index in [-0.39, 0.29) is 5.91 Å². The zero-order valence-electron chi connectivity index (χ0n) is 15.6. The minimum absolute atomic E-state index is 0.277. The Hall–Kier alpha value is -2.73. The molecule has 1 N–H and O–H groups in total. The number of carbonyl (C=O) groups excluding carboxylic acids is 1. The fourth-order valence-electron chi connectivity index (χ4n) is 2.57. The molecule has 1 amide bonds. The van der Waals surface area contributed by atoms with Gasteiger partial charge in [0.25, 0.3) is 5.91 Å². The van der Waals surface area contributed by atoms with Crippen LogP contribution in [0.3, 0.4) is 0 Å². The number of ether oxygens (including phenoxy) is 1. The van der Waals surface area contributed by atoms with Gasteiger partial charge in [-0.1, -0.05) is 26.0 Å². The third-order valence-electron chi connectivity index (χ3n) is 4.02. The SMILES string of the molecule is CCOc1c(/C=N\NC(=O)c2ccncc2)cccc1CN(CC)CC. The fourth-order valence-corrected chi connectivity index (χ4v) is 2.57. The van der Waals surface area contributed by atoms with Gasteiger partial charge in [0.05, 0.1) is 12.8 Å². The van der Waals surface area contributed by atoms with Crippen LogP contribution in [0.4, 0.5) is 0 Å². The molecule has 0 spiro atoms. The van der Waals surface area contributed by atoms with Crippen molar-refractivity contribution in [2.24, 2.45) is 5.10 Å². The second-order valence-corrected chi connectivity index (χ2v) is 5.66. The standard InChI is InChI=1S/C20H26N4O2/c1-4-24(5-2)15-18-9-7-8-17(19(18)26-6-3)14-22-23-20(25)16-10-12-21-13-11-16/h7-14H,4-6,15H2,1-3H3,(H,23,25)/b22-14-. The summed E-state index contributed by atoms with van der Waals surface area (Å²) in [7, 11) is 0. The summed E-state index contributed by atoms with van der Waals surface area (Å²) in [5, 5.41) is 4.08. The lowest BCUT2D eigenvalue weighted by molar-refractivity contribution is 0.0955. The molecule has 2 aromatic rings. The zero-order valence-corrected chi connectivity index (χ0v) is 15.6. The summed E-state index contributed by atoms with van der Waals surface area (Å²) >= 11 is 0. The van der Waals surface area contributed by atoms with Crippen molar-refractivity contribution in [2.45, 2.75) is 27.3 Å². The van der Waals surface area contributed by atoms with Gasteiger partial charge < -0.3 is 4.74 Å². The van der Waals surface area contributed by atoms with Crippen LogP contribution in [-0.4, -0.2) is 41.7 Å². The average molecular weight is 354 g/mol. The molecule has 6 heteroatoms. The van der Waals surface area contributed by atoms with Crippen molar-refractivity contribution in [1.82, 2.24) is 15.3 Å². The van der Waals surface area contributed by atoms with Gasteiger partial charge in [-0.2, -0.15) is 5.10 Å². The molecule has 1 aromatic heterocycles. The number of para-hydroxylation sites is 1. The van der Waals surface area contributed by atoms with E-state index in [4.69, 9.17) is 4.74 Å². The molecule has 1 aromatic carbocycles. The Morgan fingerprint density at radius 3 is 2.58 bits per heavy atom. The number of hydrogen-bond acceptors (Lipinski definition) is 5. The minimum atomic E-state index is -0.277. The summed E-state index contributed by atoms with van der Waals surface area (Å²) < 4.78 is 5.86. The summed E-state index contributed by atoms with van der Waals surface area (Å²) in [6.45, 7) is 9.57. The van der Waals surface area contributed by atoms with Crippen molar-refractivity contribution >= 4 is 12.1 Å². The second kappa shape index (κ2) is 10.3. The van der Waals surface area contributed by atoms with E-state index in [2.05, 4.69) is 40.3 Å². The highest BCUT2D eigenvalue weighted by atomic mass is 16.5. The Kier molecular flexibility index (Phi) is 7.76. The Bertz CT molecular complexity index is 728. The van der Waals surface area contributed by atoms with Crippen LogP contribution in [0, 0.1) is 0 Å². The van der Waals surface area contributed by atoms with Gasteiger partial charge in [-0.3, -0.25) is 14.7 Å². The maximum atomic E-state index is 12.0. The van der Waals surface area contributed by atoms with E-state index >= 15 is 0 Å². The van der Waals surface area contributed by atoms with Crippen LogP contribution >= 0.6 is 0 Å². The lowest BCUT2D eigenvalue weighted by atomic mass is 10.1. The van der Waals surface area contributed by atoms with E-state index in [1.165, 1.54) is 0 Å². The highest BCUT2D eigenvalue weighted by Crippen LogP contribution is 2.24. The first-order valence-electron chi connectivity index (χ1n) is 8.90. The Morgan fingerprint density at radius 2 is 1.92 bits per heavy atom. The highest BCUT2D eigenvalue weighted by Gasteiger charge is 2.11. The lowest BCUT2D eigenvalue weighted by Gasteiger charge is -2.21. The van der Waals surface area contributed by atoms with Crippen molar-refractivity contribution < 1.29 is 9.53 Å². The molecular formula is C20H26N4O2. The largest absolute Gasteiger partial charge is 0.493 e. The van der Waals surface area contributed by atoms with Crippen molar-refractivity contribution in [3.8, 4) is 5.75 Å². The minimum Gasteiger partial charge on any atom is -0.493 e. The number of nitrogens with zero attached hydrogens (tertiary/aromatic N) is 3. The molecule has 0 aliphatic carbocycles. The van der Waals surface area contributed by atoms with E-state index in [9.17, 15) is 4.79 Å². The number of amides is 1. The Morgan fingerprint density at radius 1 is 1.19 bits per heavy atom. The lowest BCUT2D eigenvalue weighted by Crippen LogP contribution is -2.22. The van der Waals surface area contributed by atoms with Gasteiger partial charge in [0.1, 0.15) is 5.75 Å². The molecule has 0 atom stereocenters. The van der Waals surface area contributed by atoms with Crippen molar-refractivity contribution in [1.29, 1.82) is 0 Å². The molecule has 0 aliphatic rings. The molecule has 0 bridgehead atoms. The van der Waals surface area contributed by atoms with E-state index in [1.54, 1.807) is 30.7 Å². The van der Waals surface area contributed by atoms with Gasteiger partial charge in [-0.15, -0.1) is 0 Å². The van der Waals surface area contributed by atoms with Crippen LogP contribution in [0.2, 0.25) is 0 Å². The summed E-state index contributed by atoms with van der Waals surface area (Å²) in [4.78, 5) is 18.3. The maximum Gasteiger partial charge on any atom is 0.271 e. The maximum absolute atomic E-state index is 12.0. The third kappa shape index (κ3) is 5.39. The molecule has 138 valence electrons. The zero-order chi connectivity index (χ0) is 18.8. The van der Waals surface area contributed by atoms with Crippen LogP contribution < -0.4 is 10.2 Å². The number of benzene rings is 1. The highest BCUT2D eigenvalue weighted by molar-refractivity contribution is 5.95. The number of pyridine rings is 1. The first-order chi connectivity index (χ1) is 12.7. The predicted molar refractivity (Wildman–Crippen MR) is 104 cm³/mol. The van der Waals surface area contributed by atoms with E-state index in [1.807, 2.05) is 19.1 Å². The van der Waals surface area contributed by atoms with E-state index in [0.29, 0.717) is 12.2 Å². The molecule has 0 unspecified atom stereocenters. The van der Waals surface area contributed by atoms with Crippen LogP contribution in [-0.2, 0) is 6.54 Å². The smallest absolute Gasteiger partial charge is 0.271 e. The van der Waals surface area contributed by atoms with Crippen LogP contribution in [0.15, 0.2) is 47.8 Å². The monoisotopic (exact) mass is 354 g/mol. The molecule has 6 nitrogen and oxygen atoms in total. The van der Waals surface area contributed by atoms with Gasteiger partial charge in [0, 0.05) is 35.6 Å². The van der Waals surface area contributed by atoms with E-state index < -0.39 is 0 Å². The number of nitrogens with one attached hydrogen (secondary N) is 1. The van der Waals surface area contributed by atoms with E-state index in [0.717, 1.165) is 36.5 Å². The molecule has 0 saturated carbocycles. The third-order valence-corrected chi connectivity index (χ3v) is 4.02. The molecule has 1 heterocycles. The van der Waals surface area contributed by atoms with Crippen molar-refractivity contribution in [3.05, 3.63) is 59.4 Å². The summed E-state index contributed by atoms with van der Waals surface area (Å²) in [6.07, 6.45) is 4.76. The number of rotatable bonds is 9. The molecule has 0 radical (unpaired) electrons. The van der Waals surface area contributed by atoms with Crippen molar-refractivity contribution in [2.75, 3.05) is 19.7 Å². The molecule has 0 aliphatic heterocycles. The molecular weight excluding hydrogens is 328 g/mol. The summed E-state index contributed by atoms with van der Waals surface area (Å²) in [6, 6.07) is 9.25. The first-order valence-corrected chi connectivity index (χ1v) is 8.90. The van der Waals surface area contributed by atoms with Crippen LogP contribution in [0.1, 0.15) is 42.3 Å². The molecule has 0 saturated heterocycles. The second-order valence-electron chi connectivity index (χ2n) is 5.66. The molecule has 2 rings (SSSR count). The van der Waals surface area contributed by atoms with Gasteiger partial charge >= 0.3 is 0 Å². The first kappa shape index (κ1) is 19.6. The van der Waals surface area contributed by atoms with Gasteiger partial charge in [-0.25, -0.2) is 5.43 Å². The van der Waals surface area contributed by atoms with Gasteiger partial charge in [0.2, 0.25) is 0 Å². The Labute approximate surface area is 154 Å². The molecule has 0 fully saturated rings. The summed E-state index contributed by atoms with van der Waals surface area (Å²) in [5.74, 6) is 0.532. The van der Waals surface area contributed by atoms with Crippen molar-refractivity contribution in [3.63, 3.8) is 0 Å². The Balaban J connectivity index is 2.15. The topological polar surface area (TPSA) is 66.8 Å². The number of hydrazone groups is 1. The average Bonchev–Trinajstić information content (AvgIpc) is 2.68. The fraction of sp³-hybridized carbons (Fsp3) is 0.350.